The third kappa shape index (κ3) is 5.60. The van der Waals surface area contributed by atoms with E-state index >= 15 is 4.39 Å². The third-order valence-electron chi connectivity index (χ3n) is 7.16. The number of benzene rings is 2. The minimum Gasteiger partial charge on any atom is -0.394 e. The molecule has 0 aromatic heterocycles. The summed E-state index contributed by atoms with van der Waals surface area (Å²) in [5.41, 5.74) is 0.833. The second-order valence-electron chi connectivity index (χ2n) is 9.48. The van der Waals surface area contributed by atoms with Crippen LogP contribution in [0, 0.1) is 5.82 Å². The van der Waals surface area contributed by atoms with Crippen LogP contribution in [0.4, 0.5) is 4.39 Å². The Hall–Kier alpha value is -1.88. The molecule has 2 aliphatic rings. The molecule has 7 nitrogen and oxygen atoms in total. The second-order valence-corrected chi connectivity index (χ2v) is 11.5. The summed E-state index contributed by atoms with van der Waals surface area (Å²) in [5, 5.41) is 18.3. The number of rotatable bonds is 8. The predicted octanol–water partition coefficient (Wildman–Crippen LogP) is 3.26. The molecular formula is C26H34FNO6S. The molecule has 2 heterocycles. The molecule has 0 spiro atoms. The number of nitrogens with zero attached hydrogens (tertiary/aromatic N) is 1. The van der Waals surface area contributed by atoms with Crippen LogP contribution in [0.2, 0.25) is 0 Å². The Balaban J connectivity index is 1.58. The van der Waals surface area contributed by atoms with Crippen LogP contribution in [-0.4, -0.2) is 61.5 Å². The molecule has 4 rings (SSSR count). The molecule has 35 heavy (non-hydrogen) atoms. The molecule has 0 radical (unpaired) electrons. The van der Waals surface area contributed by atoms with Crippen LogP contribution in [0.15, 0.2) is 48.5 Å². The van der Waals surface area contributed by atoms with Gasteiger partial charge in [0.2, 0.25) is 10.0 Å². The minimum absolute atomic E-state index is 0.0425. The van der Waals surface area contributed by atoms with Gasteiger partial charge in [0, 0.05) is 44.2 Å². The van der Waals surface area contributed by atoms with E-state index in [2.05, 4.69) is 0 Å². The zero-order valence-electron chi connectivity index (χ0n) is 20.0. The zero-order chi connectivity index (χ0) is 25.1. The van der Waals surface area contributed by atoms with Crippen LogP contribution in [0.3, 0.4) is 0 Å². The van der Waals surface area contributed by atoms with Crippen molar-refractivity contribution in [2.75, 3.05) is 26.4 Å². The van der Waals surface area contributed by atoms with E-state index in [9.17, 15) is 13.5 Å². The SMILES string of the molecule is C[C@H]1CC[C@H](c2ccccc2)S(=O)(=O)N1Cc1ccc(C2(OC[C@@H](O)CO)CCOCC2)cc1F. The Bertz CT molecular complexity index is 1090. The molecule has 192 valence electrons. The van der Waals surface area contributed by atoms with Gasteiger partial charge in [-0.15, -0.1) is 0 Å². The Morgan fingerprint density at radius 3 is 2.54 bits per heavy atom. The Morgan fingerprint density at radius 2 is 1.89 bits per heavy atom. The van der Waals surface area contributed by atoms with E-state index in [1.807, 2.05) is 37.3 Å². The van der Waals surface area contributed by atoms with E-state index in [1.54, 1.807) is 12.1 Å². The van der Waals surface area contributed by atoms with Crippen LogP contribution >= 0.6 is 0 Å². The van der Waals surface area contributed by atoms with Crippen molar-refractivity contribution in [2.24, 2.45) is 0 Å². The first kappa shape index (κ1) is 26.2. The molecule has 2 fully saturated rings. The average molecular weight is 508 g/mol. The van der Waals surface area contributed by atoms with Gasteiger partial charge >= 0.3 is 0 Å². The lowest BCUT2D eigenvalue weighted by Gasteiger charge is -2.39. The summed E-state index contributed by atoms with van der Waals surface area (Å²) in [5.74, 6) is -0.496. The maximum absolute atomic E-state index is 15.4. The van der Waals surface area contributed by atoms with E-state index in [-0.39, 0.29) is 19.2 Å². The number of ether oxygens (including phenoxy) is 2. The van der Waals surface area contributed by atoms with Crippen molar-refractivity contribution in [3.63, 3.8) is 0 Å². The summed E-state index contributed by atoms with van der Waals surface area (Å²) in [6, 6.07) is 13.7. The smallest absolute Gasteiger partial charge is 0.221 e. The number of aliphatic hydroxyl groups excluding tert-OH is 2. The summed E-state index contributed by atoms with van der Waals surface area (Å²) < 4.78 is 55.3. The summed E-state index contributed by atoms with van der Waals surface area (Å²) >= 11 is 0. The number of sulfonamides is 1. The maximum atomic E-state index is 15.4. The lowest BCUT2D eigenvalue weighted by atomic mass is 9.85. The fraction of sp³-hybridized carbons (Fsp3) is 0.538. The molecule has 0 bridgehead atoms. The Morgan fingerprint density at radius 1 is 1.17 bits per heavy atom. The molecule has 0 amide bonds. The maximum Gasteiger partial charge on any atom is 0.221 e. The lowest BCUT2D eigenvalue weighted by molar-refractivity contribution is -0.139. The number of hydrogen-bond donors (Lipinski definition) is 2. The first-order valence-electron chi connectivity index (χ1n) is 12.1. The van der Waals surface area contributed by atoms with Gasteiger partial charge in [-0.2, -0.15) is 4.31 Å². The molecule has 0 aliphatic carbocycles. The van der Waals surface area contributed by atoms with Gasteiger partial charge in [-0.25, -0.2) is 12.8 Å². The van der Waals surface area contributed by atoms with Crippen LogP contribution in [0.5, 0.6) is 0 Å². The highest BCUT2D eigenvalue weighted by atomic mass is 32.2. The molecule has 2 aromatic rings. The molecule has 2 aromatic carbocycles. The van der Waals surface area contributed by atoms with Crippen molar-refractivity contribution in [3.8, 4) is 0 Å². The lowest BCUT2D eigenvalue weighted by Crippen LogP contribution is -2.45. The topological polar surface area (TPSA) is 96.3 Å². The van der Waals surface area contributed by atoms with Crippen LogP contribution in [0.1, 0.15) is 54.5 Å². The van der Waals surface area contributed by atoms with Crippen molar-refractivity contribution in [1.29, 1.82) is 0 Å². The number of aliphatic hydroxyl groups is 2. The van der Waals surface area contributed by atoms with Crippen molar-refractivity contribution in [1.82, 2.24) is 4.31 Å². The molecule has 0 unspecified atom stereocenters. The monoisotopic (exact) mass is 507 g/mol. The van der Waals surface area contributed by atoms with Crippen LogP contribution < -0.4 is 0 Å². The first-order valence-corrected chi connectivity index (χ1v) is 13.6. The number of halogens is 1. The van der Waals surface area contributed by atoms with E-state index in [0.717, 1.165) is 5.56 Å². The summed E-state index contributed by atoms with van der Waals surface area (Å²) in [7, 11) is -3.67. The highest BCUT2D eigenvalue weighted by Gasteiger charge is 2.41. The van der Waals surface area contributed by atoms with Gasteiger partial charge in [-0.05, 0) is 37.0 Å². The molecular weight excluding hydrogens is 473 g/mol. The zero-order valence-corrected chi connectivity index (χ0v) is 20.8. The fourth-order valence-corrected chi connectivity index (χ4v) is 7.19. The highest BCUT2D eigenvalue weighted by molar-refractivity contribution is 7.89. The van der Waals surface area contributed by atoms with Gasteiger partial charge in [0.05, 0.1) is 18.8 Å². The first-order chi connectivity index (χ1) is 16.8. The summed E-state index contributed by atoms with van der Waals surface area (Å²) in [4.78, 5) is 0. The summed E-state index contributed by atoms with van der Waals surface area (Å²) in [6.07, 6.45) is 1.18. The molecule has 9 heteroatoms. The van der Waals surface area contributed by atoms with E-state index in [1.165, 1.54) is 10.4 Å². The standard InChI is InChI=1S/C26H34FNO6S/c1-19-7-10-25(20-5-3-2-4-6-20)35(31,32)28(19)16-21-8-9-22(15-24(21)27)26(11-13-33-14-12-26)34-18-23(30)17-29/h2-6,8-9,15,19,23,25,29-30H,7,10-14,16-18H2,1H3/t19-,23-,25+/m0/s1. The molecule has 0 saturated carbocycles. The largest absolute Gasteiger partial charge is 0.394 e. The Kier molecular flexibility index (Phi) is 8.25. The van der Waals surface area contributed by atoms with Gasteiger partial charge < -0.3 is 19.7 Å². The van der Waals surface area contributed by atoms with E-state index < -0.39 is 39.4 Å². The third-order valence-corrected chi connectivity index (χ3v) is 9.53. The van der Waals surface area contributed by atoms with E-state index in [4.69, 9.17) is 14.6 Å². The van der Waals surface area contributed by atoms with Crippen molar-refractivity contribution in [2.45, 2.75) is 62.1 Å². The fourth-order valence-electron chi connectivity index (χ4n) is 5.00. The Labute approximate surface area is 206 Å². The normalized spacial score (nSPS) is 25.3. The van der Waals surface area contributed by atoms with Crippen molar-refractivity contribution in [3.05, 3.63) is 71.0 Å². The molecule has 2 saturated heterocycles. The van der Waals surface area contributed by atoms with Gasteiger partial charge in [0.25, 0.3) is 0 Å². The average Bonchev–Trinajstić information content (AvgIpc) is 2.86. The van der Waals surface area contributed by atoms with Crippen molar-refractivity contribution >= 4 is 10.0 Å². The van der Waals surface area contributed by atoms with E-state index in [0.29, 0.717) is 50.0 Å². The number of hydrogen-bond acceptors (Lipinski definition) is 6. The van der Waals surface area contributed by atoms with Gasteiger partial charge in [-0.1, -0.05) is 42.5 Å². The van der Waals surface area contributed by atoms with Gasteiger partial charge in [0.15, 0.2) is 0 Å². The second kappa shape index (κ2) is 11.0. The molecule has 2 N–H and O–H groups in total. The predicted molar refractivity (Wildman–Crippen MR) is 130 cm³/mol. The van der Waals surface area contributed by atoms with Gasteiger partial charge in [-0.3, -0.25) is 0 Å². The quantitative estimate of drug-likeness (QED) is 0.570. The van der Waals surface area contributed by atoms with Crippen LogP contribution in [-0.2, 0) is 31.6 Å². The minimum atomic E-state index is -3.67. The summed E-state index contributed by atoms with van der Waals surface area (Å²) in [6.45, 7) is 2.18. The van der Waals surface area contributed by atoms with Gasteiger partial charge in [0.1, 0.15) is 17.2 Å². The molecule has 2 aliphatic heterocycles. The van der Waals surface area contributed by atoms with Crippen molar-refractivity contribution < 1.29 is 32.5 Å². The molecule has 3 atom stereocenters. The highest BCUT2D eigenvalue weighted by Crippen LogP contribution is 2.40. The van der Waals surface area contributed by atoms with Crippen LogP contribution in [0.25, 0.3) is 0 Å².